The number of carbonyl (C=O) groups is 1. The van der Waals surface area contributed by atoms with Crippen molar-refractivity contribution in [2.75, 3.05) is 13.7 Å². The van der Waals surface area contributed by atoms with E-state index in [2.05, 4.69) is 0 Å². The fourth-order valence-electron chi connectivity index (χ4n) is 3.42. The number of ether oxygens (including phenoxy) is 3. The van der Waals surface area contributed by atoms with Crippen molar-refractivity contribution in [3.63, 3.8) is 0 Å². The molecule has 3 rings (SSSR count). The number of rotatable bonds is 8. The fourth-order valence-corrected chi connectivity index (χ4v) is 3.42. The van der Waals surface area contributed by atoms with Gasteiger partial charge in [-0.3, -0.25) is 4.90 Å². The van der Waals surface area contributed by atoms with Crippen LogP contribution in [0.25, 0.3) is 0 Å². The van der Waals surface area contributed by atoms with Gasteiger partial charge in [-0.15, -0.1) is 0 Å². The molecule has 7 nitrogen and oxygen atoms in total. The molecule has 0 aliphatic carbocycles. The quantitative estimate of drug-likeness (QED) is 0.706. The van der Waals surface area contributed by atoms with Gasteiger partial charge in [0.05, 0.1) is 18.8 Å². The van der Waals surface area contributed by atoms with E-state index in [1.54, 1.807) is 4.90 Å². The minimum absolute atomic E-state index is 0.152. The molecule has 1 aliphatic heterocycles. The lowest BCUT2D eigenvalue weighted by molar-refractivity contribution is -0.157. The van der Waals surface area contributed by atoms with Crippen molar-refractivity contribution in [2.45, 2.75) is 44.1 Å². The summed E-state index contributed by atoms with van der Waals surface area (Å²) in [6.45, 7) is 0.0358. The number of carbonyl (C=O) groups excluding carboxylic acids is 1. The summed E-state index contributed by atoms with van der Waals surface area (Å²) in [4.78, 5) is 14.6. The number of hydrogen-bond acceptors (Lipinski definition) is 6. The van der Waals surface area contributed by atoms with Crippen molar-refractivity contribution in [1.29, 1.82) is 0 Å². The molecule has 2 aromatic carbocycles. The molecule has 0 saturated carbocycles. The maximum absolute atomic E-state index is 13.0. The lowest BCUT2D eigenvalue weighted by atomic mass is 10.1. The molecule has 2 N–H and O–H groups in total. The van der Waals surface area contributed by atoms with Crippen molar-refractivity contribution in [3.05, 3.63) is 71.8 Å². The molecule has 0 aromatic heterocycles. The number of benzene rings is 2. The van der Waals surface area contributed by atoms with Crippen molar-refractivity contribution >= 4 is 6.09 Å². The minimum atomic E-state index is -1.04. The Morgan fingerprint density at radius 3 is 2.34 bits per heavy atom. The van der Waals surface area contributed by atoms with Crippen LogP contribution in [0.2, 0.25) is 0 Å². The average molecular weight is 401 g/mol. The highest BCUT2D eigenvalue weighted by molar-refractivity contribution is 5.68. The second-order valence-electron chi connectivity index (χ2n) is 6.99. The van der Waals surface area contributed by atoms with Gasteiger partial charge in [0.1, 0.15) is 12.7 Å². The van der Waals surface area contributed by atoms with Crippen molar-refractivity contribution in [3.8, 4) is 0 Å². The van der Waals surface area contributed by atoms with E-state index in [0.29, 0.717) is 13.0 Å². The summed E-state index contributed by atoms with van der Waals surface area (Å²) in [6, 6.07) is 18.6. The van der Waals surface area contributed by atoms with E-state index in [1.165, 1.54) is 7.11 Å². The van der Waals surface area contributed by atoms with E-state index < -0.39 is 37.2 Å². The van der Waals surface area contributed by atoms with Gasteiger partial charge in [-0.25, -0.2) is 4.79 Å². The third-order valence-electron chi connectivity index (χ3n) is 4.98. The van der Waals surface area contributed by atoms with Gasteiger partial charge in [0.2, 0.25) is 0 Å². The summed E-state index contributed by atoms with van der Waals surface area (Å²) in [5.41, 5.74) is 1.82. The van der Waals surface area contributed by atoms with Gasteiger partial charge < -0.3 is 24.4 Å². The first-order chi connectivity index (χ1) is 14.1. The molecule has 1 saturated heterocycles. The first-order valence-electron chi connectivity index (χ1n) is 9.60. The monoisotopic (exact) mass is 401 g/mol. The summed E-state index contributed by atoms with van der Waals surface area (Å²) in [7, 11) is 1.49. The van der Waals surface area contributed by atoms with Crippen LogP contribution in [0.1, 0.15) is 17.5 Å². The second-order valence-corrected chi connectivity index (χ2v) is 6.99. The van der Waals surface area contributed by atoms with Crippen LogP contribution < -0.4 is 0 Å². The maximum Gasteiger partial charge on any atom is 0.410 e. The Balaban J connectivity index is 1.77. The molecule has 1 amide bonds. The SMILES string of the molecule is CO[C@H]1O[C@H]([C@H](O)CO)C[C@@H]1N(Cc1ccccc1)C(=O)OCc1ccccc1. The van der Waals surface area contributed by atoms with Gasteiger partial charge in [0.15, 0.2) is 6.29 Å². The predicted molar refractivity (Wildman–Crippen MR) is 106 cm³/mol. The van der Waals surface area contributed by atoms with Crippen molar-refractivity contribution in [2.24, 2.45) is 0 Å². The summed E-state index contributed by atoms with van der Waals surface area (Å²) >= 11 is 0. The van der Waals surface area contributed by atoms with Gasteiger partial charge in [-0.05, 0) is 11.1 Å². The van der Waals surface area contributed by atoms with Crippen LogP contribution in [0.3, 0.4) is 0 Å². The second kappa shape index (κ2) is 10.4. The highest BCUT2D eigenvalue weighted by Crippen LogP contribution is 2.29. The molecule has 2 aromatic rings. The largest absolute Gasteiger partial charge is 0.445 e. The average Bonchev–Trinajstić information content (AvgIpc) is 3.21. The standard InChI is InChI=1S/C22H27NO6/c1-27-21-18(12-20(29-21)19(25)14-24)23(13-16-8-4-2-5-9-16)22(26)28-15-17-10-6-3-7-11-17/h2-11,18-21,24-25H,12-15H2,1H3/t18-,19+,20-,21-/m0/s1. The van der Waals surface area contributed by atoms with E-state index in [9.17, 15) is 15.0 Å². The number of aliphatic hydroxyl groups is 2. The van der Waals surface area contributed by atoms with E-state index in [4.69, 9.17) is 14.2 Å². The molecule has 0 spiro atoms. The number of methoxy groups -OCH3 is 1. The summed E-state index contributed by atoms with van der Waals surface area (Å²) in [5.74, 6) is 0. The Labute approximate surface area is 170 Å². The Morgan fingerprint density at radius 1 is 1.14 bits per heavy atom. The lowest BCUT2D eigenvalue weighted by Crippen LogP contribution is -2.45. The number of amides is 1. The van der Waals surface area contributed by atoms with Crippen LogP contribution in [0.5, 0.6) is 0 Å². The number of hydrogen-bond donors (Lipinski definition) is 2. The van der Waals surface area contributed by atoms with Gasteiger partial charge in [0, 0.05) is 20.1 Å². The molecule has 7 heteroatoms. The van der Waals surface area contributed by atoms with Gasteiger partial charge >= 0.3 is 6.09 Å². The van der Waals surface area contributed by atoms with E-state index >= 15 is 0 Å². The van der Waals surface area contributed by atoms with Crippen LogP contribution in [0, 0.1) is 0 Å². The fraction of sp³-hybridized carbons (Fsp3) is 0.409. The number of nitrogens with zero attached hydrogens (tertiary/aromatic N) is 1. The Morgan fingerprint density at radius 2 is 1.76 bits per heavy atom. The Kier molecular flexibility index (Phi) is 7.60. The molecule has 156 valence electrons. The summed E-state index contributed by atoms with van der Waals surface area (Å²) in [5, 5.41) is 19.2. The topological polar surface area (TPSA) is 88.5 Å². The van der Waals surface area contributed by atoms with E-state index in [1.807, 2.05) is 60.7 Å². The zero-order chi connectivity index (χ0) is 20.6. The van der Waals surface area contributed by atoms with Gasteiger partial charge in [-0.1, -0.05) is 60.7 Å². The lowest BCUT2D eigenvalue weighted by Gasteiger charge is -2.30. The van der Waals surface area contributed by atoms with E-state index in [-0.39, 0.29) is 6.61 Å². The number of aliphatic hydroxyl groups excluding tert-OH is 2. The third kappa shape index (κ3) is 5.55. The van der Waals surface area contributed by atoms with Gasteiger partial charge in [-0.2, -0.15) is 0 Å². The Bertz CT molecular complexity index is 756. The molecular weight excluding hydrogens is 374 g/mol. The summed E-state index contributed by atoms with van der Waals surface area (Å²) < 4.78 is 16.7. The van der Waals surface area contributed by atoms with Crippen LogP contribution in [0.4, 0.5) is 4.79 Å². The molecule has 4 atom stereocenters. The zero-order valence-corrected chi connectivity index (χ0v) is 16.4. The van der Waals surface area contributed by atoms with Crippen LogP contribution in [-0.4, -0.2) is 59.5 Å². The molecule has 1 heterocycles. The maximum atomic E-state index is 13.0. The van der Waals surface area contributed by atoms with Gasteiger partial charge in [0.25, 0.3) is 0 Å². The molecule has 0 bridgehead atoms. The van der Waals surface area contributed by atoms with Crippen LogP contribution >= 0.6 is 0 Å². The molecule has 0 radical (unpaired) electrons. The molecule has 0 unspecified atom stereocenters. The first kappa shape index (κ1) is 21.3. The normalized spacial score (nSPS) is 22.2. The highest BCUT2D eigenvalue weighted by atomic mass is 16.7. The van der Waals surface area contributed by atoms with Crippen molar-refractivity contribution in [1.82, 2.24) is 4.90 Å². The Hall–Kier alpha value is -2.45. The van der Waals surface area contributed by atoms with Crippen molar-refractivity contribution < 1.29 is 29.2 Å². The smallest absolute Gasteiger partial charge is 0.410 e. The van der Waals surface area contributed by atoms with Crippen LogP contribution in [-0.2, 0) is 27.4 Å². The van der Waals surface area contributed by atoms with E-state index in [0.717, 1.165) is 11.1 Å². The van der Waals surface area contributed by atoms with Crippen LogP contribution in [0.15, 0.2) is 60.7 Å². The molecular formula is C22H27NO6. The highest BCUT2D eigenvalue weighted by Gasteiger charge is 2.44. The predicted octanol–water partition coefficient (Wildman–Crippen LogP) is 2.31. The minimum Gasteiger partial charge on any atom is -0.445 e. The first-order valence-corrected chi connectivity index (χ1v) is 9.60. The molecule has 1 aliphatic rings. The summed E-state index contributed by atoms with van der Waals surface area (Å²) in [6.07, 6.45) is -2.57. The zero-order valence-electron chi connectivity index (χ0n) is 16.4. The third-order valence-corrected chi connectivity index (χ3v) is 4.98. The molecule has 1 fully saturated rings. The molecule has 29 heavy (non-hydrogen) atoms.